The van der Waals surface area contributed by atoms with E-state index in [1.54, 1.807) is 13.8 Å². The molecule has 0 aromatic heterocycles. The lowest BCUT2D eigenvalue weighted by Crippen LogP contribution is -2.14. The molecule has 0 bridgehead atoms. The van der Waals surface area contributed by atoms with Crippen LogP contribution in [0.15, 0.2) is 24.3 Å². The Balaban J connectivity index is 2.38. The molecule has 0 heterocycles. The third-order valence-electron chi connectivity index (χ3n) is 2.44. The number of ether oxygens (including phenoxy) is 2. The molecule has 0 radical (unpaired) electrons. The van der Waals surface area contributed by atoms with Crippen molar-refractivity contribution in [2.45, 2.75) is 32.8 Å². The summed E-state index contributed by atoms with van der Waals surface area (Å²) in [6.45, 7) is 3.83. The Hall–Kier alpha value is -1.55. The molecule has 18 heavy (non-hydrogen) atoms. The highest BCUT2D eigenvalue weighted by Gasteiger charge is 2.03. The van der Waals surface area contributed by atoms with Crippen LogP contribution in [0.25, 0.3) is 0 Å². The maximum atomic E-state index is 11.1. The summed E-state index contributed by atoms with van der Waals surface area (Å²) in [4.78, 5) is 11.1. The number of esters is 1. The van der Waals surface area contributed by atoms with E-state index >= 15 is 0 Å². The molecule has 1 rings (SSSR count). The predicted molar refractivity (Wildman–Crippen MR) is 68.6 cm³/mol. The number of hydrogen-bond donors (Lipinski definition) is 1. The molecule has 0 fully saturated rings. The minimum Gasteiger partial charge on any atom is -0.482 e. The van der Waals surface area contributed by atoms with Gasteiger partial charge in [0.1, 0.15) is 5.75 Å². The van der Waals surface area contributed by atoms with Crippen LogP contribution >= 0.6 is 0 Å². The molecule has 0 saturated carbocycles. The highest BCUT2D eigenvalue weighted by atomic mass is 16.6. The predicted octanol–water partition coefficient (Wildman–Crippen LogP) is 1.94. The van der Waals surface area contributed by atoms with Crippen molar-refractivity contribution in [3.63, 3.8) is 0 Å². The first-order valence-electron chi connectivity index (χ1n) is 6.17. The van der Waals surface area contributed by atoms with E-state index in [4.69, 9.17) is 9.47 Å². The Labute approximate surface area is 108 Å². The smallest absolute Gasteiger partial charge is 0.344 e. The molecule has 0 saturated heterocycles. The van der Waals surface area contributed by atoms with Gasteiger partial charge in [-0.15, -0.1) is 0 Å². The largest absolute Gasteiger partial charge is 0.482 e. The molecule has 1 N–H and O–H groups in total. The number of hydrogen-bond acceptors (Lipinski definition) is 4. The molecule has 4 nitrogen and oxygen atoms in total. The van der Waals surface area contributed by atoms with Crippen LogP contribution in [-0.2, 0) is 16.0 Å². The van der Waals surface area contributed by atoms with Gasteiger partial charge in [-0.25, -0.2) is 4.79 Å². The van der Waals surface area contributed by atoms with Crippen LogP contribution in [0.2, 0.25) is 0 Å². The molecule has 1 aromatic carbocycles. The Kier molecular flexibility index (Phi) is 6.22. The van der Waals surface area contributed by atoms with Gasteiger partial charge in [0.15, 0.2) is 6.61 Å². The van der Waals surface area contributed by atoms with Gasteiger partial charge in [-0.3, -0.25) is 0 Å². The fraction of sp³-hybridized carbons (Fsp3) is 0.500. The highest BCUT2D eigenvalue weighted by Crippen LogP contribution is 2.14. The molecule has 100 valence electrons. The molecular weight excluding hydrogens is 232 g/mol. The highest BCUT2D eigenvalue weighted by molar-refractivity contribution is 5.71. The summed E-state index contributed by atoms with van der Waals surface area (Å²) in [5.41, 5.74) is 1.14. The normalized spacial score (nSPS) is 11.9. The molecule has 1 unspecified atom stereocenters. The minimum atomic E-state index is -0.365. The zero-order chi connectivity index (χ0) is 13.4. The number of carbonyl (C=O) groups excluding carboxylic acids is 1. The van der Waals surface area contributed by atoms with E-state index in [9.17, 15) is 9.90 Å². The second-order valence-corrected chi connectivity index (χ2v) is 4.13. The van der Waals surface area contributed by atoms with Gasteiger partial charge >= 0.3 is 5.97 Å². The van der Waals surface area contributed by atoms with Crippen LogP contribution in [0.1, 0.15) is 25.8 Å². The molecule has 1 atom stereocenters. The van der Waals surface area contributed by atoms with Crippen LogP contribution in [0.5, 0.6) is 5.75 Å². The van der Waals surface area contributed by atoms with Gasteiger partial charge in [-0.05, 0) is 44.4 Å². The van der Waals surface area contributed by atoms with Crippen molar-refractivity contribution >= 4 is 5.97 Å². The second kappa shape index (κ2) is 7.71. The summed E-state index contributed by atoms with van der Waals surface area (Å²) >= 11 is 0. The fourth-order valence-electron chi connectivity index (χ4n) is 1.47. The van der Waals surface area contributed by atoms with Crippen LogP contribution < -0.4 is 4.74 Å². The summed E-state index contributed by atoms with van der Waals surface area (Å²) in [5.74, 6) is 0.277. The van der Waals surface area contributed by atoms with Crippen LogP contribution in [0, 0.1) is 0 Å². The van der Waals surface area contributed by atoms with Crippen LogP contribution in [0.4, 0.5) is 0 Å². The van der Waals surface area contributed by atoms with Crippen molar-refractivity contribution in [1.82, 2.24) is 0 Å². The van der Waals surface area contributed by atoms with Gasteiger partial charge < -0.3 is 14.6 Å². The zero-order valence-electron chi connectivity index (χ0n) is 10.9. The number of benzene rings is 1. The van der Waals surface area contributed by atoms with Crippen LogP contribution in [-0.4, -0.2) is 30.4 Å². The van der Waals surface area contributed by atoms with Crippen molar-refractivity contribution in [3.8, 4) is 5.75 Å². The third kappa shape index (κ3) is 5.68. The van der Waals surface area contributed by atoms with Gasteiger partial charge in [-0.1, -0.05) is 12.1 Å². The molecular formula is C14H20O4. The van der Waals surface area contributed by atoms with Crippen molar-refractivity contribution in [2.75, 3.05) is 13.2 Å². The Morgan fingerprint density at radius 2 is 2.00 bits per heavy atom. The number of aryl methyl sites for hydroxylation is 1. The fourth-order valence-corrected chi connectivity index (χ4v) is 1.47. The summed E-state index contributed by atoms with van der Waals surface area (Å²) in [6, 6.07) is 7.50. The standard InChI is InChI=1S/C14H20O4/c1-3-17-14(16)10-18-13-8-6-12(7-9-13)5-4-11(2)15/h6-9,11,15H,3-5,10H2,1-2H3. The van der Waals surface area contributed by atoms with Gasteiger partial charge in [0.2, 0.25) is 0 Å². The van der Waals surface area contributed by atoms with Gasteiger partial charge in [0, 0.05) is 0 Å². The van der Waals surface area contributed by atoms with Crippen molar-refractivity contribution in [2.24, 2.45) is 0 Å². The first-order valence-corrected chi connectivity index (χ1v) is 6.17. The maximum absolute atomic E-state index is 11.1. The lowest BCUT2D eigenvalue weighted by Gasteiger charge is -2.07. The maximum Gasteiger partial charge on any atom is 0.344 e. The lowest BCUT2D eigenvalue weighted by molar-refractivity contribution is -0.145. The average Bonchev–Trinajstić information content (AvgIpc) is 2.35. The van der Waals surface area contributed by atoms with E-state index in [2.05, 4.69) is 0 Å². The van der Waals surface area contributed by atoms with E-state index in [1.807, 2.05) is 24.3 Å². The Morgan fingerprint density at radius 1 is 1.33 bits per heavy atom. The van der Waals surface area contributed by atoms with E-state index in [0.717, 1.165) is 18.4 Å². The summed E-state index contributed by atoms with van der Waals surface area (Å²) in [6.07, 6.45) is 1.28. The first kappa shape index (κ1) is 14.5. The zero-order valence-corrected chi connectivity index (χ0v) is 10.9. The van der Waals surface area contributed by atoms with Gasteiger partial charge in [0.25, 0.3) is 0 Å². The molecule has 0 aliphatic carbocycles. The Bertz CT molecular complexity index is 357. The van der Waals surface area contributed by atoms with Gasteiger partial charge in [0.05, 0.1) is 12.7 Å². The third-order valence-corrected chi connectivity index (χ3v) is 2.44. The molecule has 0 aliphatic heterocycles. The number of rotatable bonds is 7. The quantitative estimate of drug-likeness (QED) is 0.753. The summed E-state index contributed by atoms with van der Waals surface area (Å²) in [7, 11) is 0. The Morgan fingerprint density at radius 3 is 2.56 bits per heavy atom. The van der Waals surface area contributed by atoms with Crippen LogP contribution in [0.3, 0.4) is 0 Å². The van der Waals surface area contributed by atoms with Crippen molar-refractivity contribution < 1.29 is 19.4 Å². The van der Waals surface area contributed by atoms with Crippen molar-refractivity contribution in [1.29, 1.82) is 0 Å². The molecule has 4 heteroatoms. The summed E-state index contributed by atoms with van der Waals surface area (Å²) < 4.78 is 10.0. The second-order valence-electron chi connectivity index (χ2n) is 4.13. The number of aliphatic hydroxyl groups excluding tert-OH is 1. The lowest BCUT2D eigenvalue weighted by atomic mass is 10.1. The minimum absolute atomic E-state index is 0.0686. The van der Waals surface area contributed by atoms with Gasteiger partial charge in [-0.2, -0.15) is 0 Å². The number of aliphatic hydroxyl groups is 1. The van der Waals surface area contributed by atoms with E-state index < -0.39 is 0 Å². The van der Waals surface area contributed by atoms with Crippen molar-refractivity contribution in [3.05, 3.63) is 29.8 Å². The molecule has 1 aromatic rings. The molecule has 0 spiro atoms. The topological polar surface area (TPSA) is 55.8 Å². The monoisotopic (exact) mass is 252 g/mol. The first-order chi connectivity index (χ1) is 8.61. The SMILES string of the molecule is CCOC(=O)COc1ccc(CCC(C)O)cc1. The van der Waals surface area contributed by atoms with E-state index in [0.29, 0.717) is 12.4 Å². The van der Waals surface area contributed by atoms with E-state index in [1.165, 1.54) is 0 Å². The molecule has 0 aliphatic rings. The van der Waals surface area contributed by atoms with E-state index in [-0.39, 0.29) is 18.7 Å². The molecule has 0 amide bonds. The number of carbonyl (C=O) groups is 1. The summed E-state index contributed by atoms with van der Waals surface area (Å²) in [5, 5.41) is 9.19. The average molecular weight is 252 g/mol.